The van der Waals surface area contributed by atoms with Crippen molar-refractivity contribution in [3.63, 3.8) is 0 Å². The molecule has 0 rings (SSSR count). The van der Waals surface area contributed by atoms with Crippen molar-refractivity contribution in [2.75, 3.05) is 0 Å². The van der Waals surface area contributed by atoms with Gasteiger partial charge in [0.2, 0.25) is 0 Å². The number of aliphatic carboxylic acids is 2. The topological polar surface area (TPSA) is 91.7 Å². The molecule has 0 saturated carbocycles. The molecule has 0 saturated heterocycles. The Morgan fingerprint density at radius 3 is 1.62 bits per heavy atom. The van der Waals surface area contributed by atoms with Crippen LogP contribution in [0.15, 0.2) is 0 Å². The molecule has 2 N–H and O–H groups in total. The van der Waals surface area contributed by atoms with Gasteiger partial charge in [-0.1, -0.05) is 64.7 Å². The Morgan fingerprint density at radius 1 is 0.750 bits per heavy atom. The van der Waals surface area contributed by atoms with Gasteiger partial charge in [0.05, 0.1) is 0 Å². The van der Waals surface area contributed by atoms with E-state index in [2.05, 4.69) is 6.92 Å². The zero-order chi connectivity index (χ0) is 18.4. The fraction of sp³-hybridized carbons (Fsp3) is 0.842. The van der Waals surface area contributed by atoms with Crippen molar-refractivity contribution < 1.29 is 24.6 Å². The van der Waals surface area contributed by atoms with Crippen LogP contribution in [0.2, 0.25) is 0 Å². The molecule has 140 valence electrons. The second kappa shape index (κ2) is 13.0. The van der Waals surface area contributed by atoms with Crippen LogP contribution in [0, 0.1) is 5.41 Å². The number of ketones is 1. The van der Waals surface area contributed by atoms with Gasteiger partial charge < -0.3 is 10.2 Å². The highest BCUT2D eigenvalue weighted by Gasteiger charge is 2.42. The van der Waals surface area contributed by atoms with E-state index in [0.717, 1.165) is 19.3 Å². The van der Waals surface area contributed by atoms with Gasteiger partial charge in [-0.15, -0.1) is 0 Å². The van der Waals surface area contributed by atoms with E-state index >= 15 is 0 Å². The minimum absolute atomic E-state index is 0.0972. The predicted octanol–water partition coefficient (Wildman–Crippen LogP) is 4.82. The van der Waals surface area contributed by atoms with Crippen LogP contribution < -0.4 is 0 Å². The quantitative estimate of drug-likeness (QED) is 0.310. The third kappa shape index (κ3) is 9.04. The van der Waals surface area contributed by atoms with Gasteiger partial charge in [-0.2, -0.15) is 0 Å². The van der Waals surface area contributed by atoms with E-state index < -0.39 is 17.4 Å². The Hall–Kier alpha value is -1.39. The first-order chi connectivity index (χ1) is 11.4. The van der Waals surface area contributed by atoms with E-state index in [9.17, 15) is 19.5 Å². The molecule has 0 radical (unpaired) electrons. The van der Waals surface area contributed by atoms with Gasteiger partial charge in [0.15, 0.2) is 0 Å². The Labute approximate surface area is 145 Å². The summed E-state index contributed by atoms with van der Waals surface area (Å²) in [5.41, 5.74) is -1.41. The smallest absolute Gasteiger partial charge is 0.317 e. The Bertz CT molecular complexity index is 375. The van der Waals surface area contributed by atoms with Gasteiger partial charge in [0, 0.05) is 6.42 Å². The summed E-state index contributed by atoms with van der Waals surface area (Å²) in [6.07, 6.45) is 10.7. The van der Waals surface area contributed by atoms with Crippen LogP contribution in [0.1, 0.15) is 97.3 Å². The van der Waals surface area contributed by atoms with Gasteiger partial charge in [0.1, 0.15) is 11.2 Å². The van der Waals surface area contributed by atoms with Crippen LogP contribution in [0.3, 0.4) is 0 Å². The predicted molar refractivity (Wildman–Crippen MR) is 94.1 cm³/mol. The standard InChI is InChI=1S/C19H34O5/c1-3-4-5-6-7-8-9-10-11-14-19(16(2)20,18(23)24)15-12-13-17(21)22/h3-15H2,1-2H3,(H,21,22)(H,23,24). The first kappa shape index (κ1) is 22.6. The zero-order valence-corrected chi connectivity index (χ0v) is 15.3. The lowest BCUT2D eigenvalue weighted by molar-refractivity contribution is -0.156. The van der Waals surface area contributed by atoms with Crippen LogP contribution in [0.25, 0.3) is 0 Å². The molecule has 0 aromatic heterocycles. The molecule has 0 fully saturated rings. The summed E-state index contributed by atoms with van der Waals surface area (Å²) < 4.78 is 0. The summed E-state index contributed by atoms with van der Waals surface area (Å²) in [7, 11) is 0. The molecule has 5 heteroatoms. The average Bonchev–Trinajstić information content (AvgIpc) is 2.50. The second-order valence-electron chi connectivity index (χ2n) is 6.77. The normalized spacial score (nSPS) is 13.4. The van der Waals surface area contributed by atoms with Gasteiger partial charge in [-0.3, -0.25) is 14.4 Å². The van der Waals surface area contributed by atoms with Crippen LogP contribution in [-0.4, -0.2) is 27.9 Å². The number of carboxylic acid groups (broad SMARTS) is 2. The molecule has 1 atom stereocenters. The summed E-state index contributed by atoms with van der Waals surface area (Å²) in [6.45, 7) is 3.50. The van der Waals surface area contributed by atoms with Crippen molar-refractivity contribution in [1.29, 1.82) is 0 Å². The molecule has 5 nitrogen and oxygen atoms in total. The van der Waals surface area contributed by atoms with Crippen LogP contribution in [-0.2, 0) is 14.4 Å². The third-order valence-electron chi connectivity index (χ3n) is 4.78. The van der Waals surface area contributed by atoms with Crippen molar-refractivity contribution in [2.45, 2.75) is 97.3 Å². The number of Topliss-reactive ketones (excluding diaryl/α,β-unsaturated/α-hetero) is 1. The molecular formula is C19H34O5. The molecule has 0 heterocycles. The number of hydrogen-bond donors (Lipinski definition) is 2. The minimum atomic E-state index is -1.41. The lowest BCUT2D eigenvalue weighted by atomic mass is 9.75. The van der Waals surface area contributed by atoms with Crippen molar-refractivity contribution in [3.8, 4) is 0 Å². The molecule has 0 aromatic carbocycles. The maximum Gasteiger partial charge on any atom is 0.317 e. The van der Waals surface area contributed by atoms with E-state index in [1.807, 2.05) is 0 Å². The maximum atomic E-state index is 11.9. The van der Waals surface area contributed by atoms with E-state index in [1.54, 1.807) is 0 Å². The van der Waals surface area contributed by atoms with Crippen molar-refractivity contribution >= 4 is 17.7 Å². The van der Waals surface area contributed by atoms with Crippen molar-refractivity contribution in [3.05, 3.63) is 0 Å². The van der Waals surface area contributed by atoms with Crippen LogP contribution >= 0.6 is 0 Å². The molecule has 0 bridgehead atoms. The molecule has 0 aliphatic rings. The monoisotopic (exact) mass is 342 g/mol. The van der Waals surface area contributed by atoms with E-state index in [4.69, 9.17) is 5.11 Å². The van der Waals surface area contributed by atoms with Crippen LogP contribution in [0.5, 0.6) is 0 Å². The SMILES string of the molecule is CCCCCCCCCCCC(CCCC(=O)O)(C(C)=O)C(=O)O. The first-order valence-corrected chi connectivity index (χ1v) is 9.33. The van der Waals surface area contributed by atoms with Gasteiger partial charge in [-0.25, -0.2) is 0 Å². The number of carboxylic acids is 2. The first-order valence-electron chi connectivity index (χ1n) is 9.33. The fourth-order valence-electron chi connectivity index (χ4n) is 3.12. The summed E-state index contributed by atoms with van der Waals surface area (Å²) in [5, 5.41) is 18.2. The highest BCUT2D eigenvalue weighted by molar-refractivity contribution is 6.01. The Kier molecular flexibility index (Phi) is 12.2. The van der Waals surface area contributed by atoms with Gasteiger partial charge >= 0.3 is 11.9 Å². The summed E-state index contributed by atoms with van der Waals surface area (Å²) in [5.74, 6) is -2.43. The largest absolute Gasteiger partial charge is 0.481 e. The van der Waals surface area contributed by atoms with Crippen LogP contribution in [0.4, 0.5) is 0 Å². The molecule has 0 aliphatic carbocycles. The Morgan fingerprint density at radius 2 is 1.21 bits per heavy atom. The molecule has 0 amide bonds. The highest BCUT2D eigenvalue weighted by atomic mass is 16.4. The number of carbonyl (C=O) groups excluding carboxylic acids is 1. The number of carbonyl (C=O) groups is 3. The average molecular weight is 342 g/mol. The molecule has 0 aromatic rings. The number of unbranched alkanes of at least 4 members (excludes halogenated alkanes) is 8. The van der Waals surface area contributed by atoms with Crippen molar-refractivity contribution in [1.82, 2.24) is 0 Å². The van der Waals surface area contributed by atoms with Gasteiger partial charge in [0.25, 0.3) is 0 Å². The molecule has 0 spiro atoms. The lowest BCUT2D eigenvalue weighted by Gasteiger charge is -2.26. The number of hydrogen-bond acceptors (Lipinski definition) is 3. The highest BCUT2D eigenvalue weighted by Crippen LogP contribution is 2.33. The zero-order valence-electron chi connectivity index (χ0n) is 15.3. The molecule has 0 aliphatic heterocycles. The van der Waals surface area contributed by atoms with E-state index in [1.165, 1.54) is 39.0 Å². The van der Waals surface area contributed by atoms with E-state index in [-0.39, 0.29) is 25.0 Å². The van der Waals surface area contributed by atoms with E-state index in [0.29, 0.717) is 12.8 Å². The number of rotatable bonds is 16. The molecular weight excluding hydrogens is 308 g/mol. The van der Waals surface area contributed by atoms with Gasteiger partial charge in [-0.05, 0) is 26.2 Å². The molecule has 24 heavy (non-hydrogen) atoms. The summed E-state index contributed by atoms with van der Waals surface area (Å²) >= 11 is 0. The van der Waals surface area contributed by atoms with Crippen molar-refractivity contribution in [2.24, 2.45) is 5.41 Å². The third-order valence-corrected chi connectivity index (χ3v) is 4.78. The lowest BCUT2D eigenvalue weighted by Crippen LogP contribution is -2.38. The second-order valence-corrected chi connectivity index (χ2v) is 6.77. The summed E-state index contributed by atoms with van der Waals surface area (Å²) in [6, 6.07) is 0. The summed E-state index contributed by atoms with van der Waals surface area (Å²) in [4.78, 5) is 34.2. The minimum Gasteiger partial charge on any atom is -0.481 e. The fourth-order valence-corrected chi connectivity index (χ4v) is 3.12. The Balaban J connectivity index is 4.20. The maximum absolute atomic E-state index is 11.9. The molecule has 1 unspecified atom stereocenters.